The van der Waals surface area contributed by atoms with Gasteiger partial charge >= 0.3 is 5.97 Å². The fraction of sp³-hybridized carbons (Fsp3) is 0.300. The zero-order valence-electron chi connectivity index (χ0n) is 6.97. The van der Waals surface area contributed by atoms with Crippen LogP contribution in [-0.2, 0) is 4.79 Å². The molecule has 68 valence electrons. The van der Waals surface area contributed by atoms with Crippen molar-refractivity contribution in [1.29, 1.82) is 0 Å². The number of rotatable bonds is 1. The molecule has 0 aromatic heterocycles. The number of aliphatic hydroxyl groups is 1. The molecule has 0 heterocycles. The Kier molecular flexibility index (Phi) is 1.72. The normalized spacial score (nSPS) is 30.8. The molecular weight excluding hydrogens is 168 g/mol. The first-order valence-electron chi connectivity index (χ1n) is 4.21. The van der Waals surface area contributed by atoms with Crippen molar-refractivity contribution in [2.45, 2.75) is 6.42 Å². The standard InChI is InChI=1S/C10H10O3/c11-9-7-3-1-2-6(7)4-5-8(9)10(12)13/h1,3-7,11H,2H2,(H,12,13). The molecule has 0 aromatic rings. The quantitative estimate of drug-likeness (QED) is 0.600. The minimum absolute atomic E-state index is 0.00579. The second-order valence-corrected chi connectivity index (χ2v) is 3.32. The minimum atomic E-state index is -1.06. The van der Waals surface area contributed by atoms with Crippen LogP contribution in [0.25, 0.3) is 0 Å². The molecule has 0 amide bonds. The van der Waals surface area contributed by atoms with Crippen molar-refractivity contribution in [2.75, 3.05) is 0 Å². The molecule has 0 aliphatic heterocycles. The maximum absolute atomic E-state index is 10.7. The van der Waals surface area contributed by atoms with Crippen molar-refractivity contribution >= 4 is 5.97 Å². The molecule has 3 nitrogen and oxygen atoms in total. The average molecular weight is 178 g/mol. The van der Waals surface area contributed by atoms with Gasteiger partial charge < -0.3 is 10.2 Å². The van der Waals surface area contributed by atoms with E-state index in [1.165, 1.54) is 6.08 Å². The Morgan fingerprint density at radius 2 is 2.23 bits per heavy atom. The van der Waals surface area contributed by atoms with Gasteiger partial charge in [-0.05, 0) is 18.4 Å². The number of aliphatic carboxylic acids is 1. The second kappa shape index (κ2) is 2.76. The highest BCUT2D eigenvalue weighted by Crippen LogP contribution is 2.36. The topological polar surface area (TPSA) is 57.5 Å². The van der Waals surface area contributed by atoms with Gasteiger partial charge in [0.25, 0.3) is 0 Å². The van der Waals surface area contributed by atoms with Crippen LogP contribution in [0.15, 0.2) is 35.6 Å². The fourth-order valence-corrected chi connectivity index (χ4v) is 1.83. The van der Waals surface area contributed by atoms with Crippen LogP contribution in [-0.4, -0.2) is 16.2 Å². The molecule has 0 radical (unpaired) electrons. The summed E-state index contributed by atoms with van der Waals surface area (Å²) in [6.45, 7) is 0. The maximum Gasteiger partial charge on any atom is 0.339 e. The predicted octanol–water partition coefficient (Wildman–Crippen LogP) is 1.65. The summed E-state index contributed by atoms with van der Waals surface area (Å²) in [6, 6.07) is 0. The lowest BCUT2D eigenvalue weighted by atomic mass is 9.86. The Hall–Kier alpha value is -1.51. The Balaban J connectivity index is 2.39. The summed E-state index contributed by atoms with van der Waals surface area (Å²) >= 11 is 0. The Morgan fingerprint density at radius 1 is 1.46 bits per heavy atom. The van der Waals surface area contributed by atoms with Crippen molar-refractivity contribution in [2.24, 2.45) is 11.8 Å². The van der Waals surface area contributed by atoms with Gasteiger partial charge in [0.2, 0.25) is 0 Å². The molecule has 3 heteroatoms. The van der Waals surface area contributed by atoms with Gasteiger partial charge in [0.15, 0.2) is 0 Å². The zero-order chi connectivity index (χ0) is 9.42. The summed E-state index contributed by atoms with van der Waals surface area (Å²) in [5, 5.41) is 18.3. The van der Waals surface area contributed by atoms with Crippen LogP contribution in [0, 0.1) is 11.8 Å². The number of carbonyl (C=O) groups is 1. The summed E-state index contributed by atoms with van der Waals surface area (Å²) in [7, 11) is 0. The highest BCUT2D eigenvalue weighted by molar-refractivity contribution is 5.90. The average Bonchev–Trinajstić information content (AvgIpc) is 2.52. The van der Waals surface area contributed by atoms with Gasteiger partial charge in [0.05, 0.1) is 5.57 Å². The minimum Gasteiger partial charge on any atom is -0.511 e. The number of carboxylic acids is 1. The van der Waals surface area contributed by atoms with E-state index < -0.39 is 5.97 Å². The maximum atomic E-state index is 10.7. The lowest BCUT2D eigenvalue weighted by Gasteiger charge is -2.20. The summed E-state index contributed by atoms with van der Waals surface area (Å²) in [5.74, 6) is -0.930. The Labute approximate surface area is 75.7 Å². The molecule has 2 aliphatic carbocycles. The van der Waals surface area contributed by atoms with Gasteiger partial charge in [-0.15, -0.1) is 0 Å². The number of aliphatic hydroxyl groups excluding tert-OH is 1. The number of carboxylic acid groups (broad SMARTS) is 1. The van der Waals surface area contributed by atoms with E-state index in [0.717, 1.165) is 6.42 Å². The Bertz CT molecular complexity index is 336. The number of hydrogen-bond donors (Lipinski definition) is 2. The molecule has 2 N–H and O–H groups in total. The molecule has 0 fully saturated rings. The summed E-state index contributed by atoms with van der Waals surface area (Å²) < 4.78 is 0. The van der Waals surface area contributed by atoms with Crippen LogP contribution in [0.2, 0.25) is 0 Å². The smallest absolute Gasteiger partial charge is 0.339 e. The van der Waals surface area contributed by atoms with Crippen LogP contribution < -0.4 is 0 Å². The zero-order valence-corrected chi connectivity index (χ0v) is 6.97. The molecule has 0 saturated heterocycles. The molecule has 2 rings (SSSR count). The molecule has 13 heavy (non-hydrogen) atoms. The molecule has 2 atom stereocenters. The molecule has 0 aromatic carbocycles. The fourth-order valence-electron chi connectivity index (χ4n) is 1.83. The van der Waals surface area contributed by atoms with E-state index in [0.29, 0.717) is 0 Å². The monoisotopic (exact) mass is 178 g/mol. The highest BCUT2D eigenvalue weighted by Gasteiger charge is 2.30. The molecule has 2 unspecified atom stereocenters. The van der Waals surface area contributed by atoms with E-state index in [2.05, 4.69) is 0 Å². The molecule has 0 bridgehead atoms. The van der Waals surface area contributed by atoms with E-state index in [1.54, 1.807) is 0 Å². The first-order valence-corrected chi connectivity index (χ1v) is 4.21. The largest absolute Gasteiger partial charge is 0.511 e. The molecule has 0 saturated carbocycles. The summed E-state index contributed by atoms with van der Waals surface area (Å²) in [6.07, 6.45) is 8.07. The van der Waals surface area contributed by atoms with E-state index in [1.807, 2.05) is 18.2 Å². The highest BCUT2D eigenvalue weighted by atomic mass is 16.4. The van der Waals surface area contributed by atoms with Crippen molar-refractivity contribution in [1.82, 2.24) is 0 Å². The third-order valence-electron chi connectivity index (χ3n) is 2.55. The number of allylic oxidation sites excluding steroid dienone is 3. The third-order valence-corrected chi connectivity index (χ3v) is 2.55. The van der Waals surface area contributed by atoms with Crippen LogP contribution in [0.1, 0.15) is 6.42 Å². The van der Waals surface area contributed by atoms with Gasteiger partial charge in [-0.25, -0.2) is 4.79 Å². The summed E-state index contributed by atoms with van der Waals surface area (Å²) in [5.41, 5.74) is 0.0211. The summed E-state index contributed by atoms with van der Waals surface area (Å²) in [4.78, 5) is 10.7. The lowest BCUT2D eigenvalue weighted by molar-refractivity contribution is -0.132. The number of hydrogen-bond acceptors (Lipinski definition) is 2. The number of fused-ring (bicyclic) bond motifs is 1. The van der Waals surface area contributed by atoms with Gasteiger partial charge in [-0.3, -0.25) is 0 Å². The van der Waals surface area contributed by atoms with E-state index in [-0.39, 0.29) is 23.2 Å². The van der Waals surface area contributed by atoms with Crippen LogP contribution >= 0.6 is 0 Å². The Morgan fingerprint density at radius 3 is 2.92 bits per heavy atom. The van der Waals surface area contributed by atoms with Crippen molar-refractivity contribution < 1.29 is 15.0 Å². The van der Waals surface area contributed by atoms with E-state index >= 15 is 0 Å². The first kappa shape index (κ1) is 8.10. The van der Waals surface area contributed by atoms with E-state index in [4.69, 9.17) is 5.11 Å². The predicted molar refractivity (Wildman–Crippen MR) is 47.2 cm³/mol. The first-order chi connectivity index (χ1) is 6.20. The molecule has 0 spiro atoms. The second-order valence-electron chi connectivity index (χ2n) is 3.32. The van der Waals surface area contributed by atoms with Crippen molar-refractivity contribution in [3.63, 3.8) is 0 Å². The SMILES string of the molecule is O=C(O)C1=C(O)C2C=CCC2C=C1. The van der Waals surface area contributed by atoms with Gasteiger partial charge in [-0.1, -0.05) is 18.2 Å². The van der Waals surface area contributed by atoms with Crippen LogP contribution in [0.3, 0.4) is 0 Å². The molecular formula is C10H10O3. The third kappa shape index (κ3) is 1.16. The van der Waals surface area contributed by atoms with Crippen LogP contribution in [0.5, 0.6) is 0 Å². The van der Waals surface area contributed by atoms with E-state index in [9.17, 15) is 9.90 Å². The lowest BCUT2D eigenvalue weighted by Crippen LogP contribution is -2.17. The molecule has 2 aliphatic rings. The van der Waals surface area contributed by atoms with Crippen molar-refractivity contribution in [3.05, 3.63) is 35.6 Å². The van der Waals surface area contributed by atoms with Crippen LogP contribution in [0.4, 0.5) is 0 Å². The van der Waals surface area contributed by atoms with Gasteiger partial charge in [0, 0.05) is 5.92 Å². The van der Waals surface area contributed by atoms with Crippen molar-refractivity contribution in [3.8, 4) is 0 Å². The van der Waals surface area contributed by atoms with Gasteiger partial charge in [0.1, 0.15) is 5.76 Å². The van der Waals surface area contributed by atoms with Gasteiger partial charge in [-0.2, -0.15) is 0 Å².